The Morgan fingerprint density at radius 2 is 1.62 bits per heavy atom. The van der Waals surface area contributed by atoms with Gasteiger partial charge in [0.2, 0.25) is 0 Å². The molecule has 0 heterocycles. The van der Waals surface area contributed by atoms with Crippen LogP contribution < -0.4 is 0 Å². The van der Waals surface area contributed by atoms with Crippen LogP contribution in [-0.4, -0.2) is 0 Å². The second-order valence-corrected chi connectivity index (χ2v) is 2.55. The molecule has 0 spiro atoms. The third kappa shape index (κ3) is 5.35. The molecule has 0 fully saturated rings. The van der Waals surface area contributed by atoms with Gasteiger partial charge in [-0.25, -0.2) is 12.1 Å². The van der Waals surface area contributed by atoms with Crippen LogP contribution in [0.25, 0.3) is 0 Å². The van der Waals surface area contributed by atoms with E-state index in [1.807, 2.05) is 48.6 Å². The minimum atomic E-state index is 0. The topological polar surface area (TPSA) is 0 Å². The Hall–Kier alpha value is -0.911. The van der Waals surface area contributed by atoms with Crippen LogP contribution >= 0.6 is 0 Å². The van der Waals surface area contributed by atoms with Gasteiger partial charge in [0.1, 0.15) is 0 Å². The molecule has 1 aliphatic carbocycles. The van der Waals surface area contributed by atoms with E-state index in [4.69, 9.17) is 0 Å². The van der Waals surface area contributed by atoms with E-state index in [9.17, 15) is 0 Å². The van der Waals surface area contributed by atoms with E-state index in [2.05, 4.69) is 18.7 Å². The standard InChI is InChI=1S/C7H8.C5H5.Fe/c1-2-7-5-3-4-6-7;1-2-4-5-3-1;/h2-7H,1H2;1-5H;/q;-1;+2. The van der Waals surface area contributed by atoms with Crippen LogP contribution in [0.3, 0.4) is 0 Å². The van der Waals surface area contributed by atoms with E-state index < -0.39 is 0 Å². The second kappa shape index (κ2) is 7.72. The molecule has 0 atom stereocenters. The first-order chi connectivity index (χ1) is 5.93. The third-order valence-corrected chi connectivity index (χ3v) is 1.61. The third-order valence-electron chi connectivity index (χ3n) is 1.61. The zero-order valence-corrected chi connectivity index (χ0v) is 8.52. The molecule has 1 aromatic rings. The molecule has 1 aliphatic rings. The van der Waals surface area contributed by atoms with Crippen molar-refractivity contribution in [3.8, 4) is 0 Å². The Morgan fingerprint density at radius 3 is 1.85 bits per heavy atom. The molecule has 0 unspecified atom stereocenters. The van der Waals surface area contributed by atoms with E-state index >= 15 is 0 Å². The number of allylic oxidation sites excluding steroid dienone is 5. The largest absolute Gasteiger partial charge is 2.00 e. The van der Waals surface area contributed by atoms with Gasteiger partial charge in [-0.1, -0.05) is 30.4 Å². The first-order valence-corrected chi connectivity index (χ1v) is 4.07. The summed E-state index contributed by atoms with van der Waals surface area (Å²) in [7, 11) is 0. The molecule has 0 saturated carbocycles. The number of hydrogen-bond acceptors (Lipinski definition) is 0. The average Bonchev–Trinajstić information content (AvgIpc) is 2.81. The Kier molecular flexibility index (Phi) is 7.18. The fourth-order valence-corrected chi connectivity index (χ4v) is 0.927. The van der Waals surface area contributed by atoms with Crippen molar-refractivity contribution in [3.63, 3.8) is 0 Å². The van der Waals surface area contributed by atoms with Gasteiger partial charge in [-0.15, -0.1) is 6.58 Å². The van der Waals surface area contributed by atoms with Crippen molar-refractivity contribution in [1.82, 2.24) is 0 Å². The summed E-state index contributed by atoms with van der Waals surface area (Å²) in [5, 5.41) is 0. The van der Waals surface area contributed by atoms with E-state index in [1.165, 1.54) is 0 Å². The van der Waals surface area contributed by atoms with Crippen LogP contribution in [-0.2, 0) is 17.1 Å². The molecule has 2 rings (SSSR count). The van der Waals surface area contributed by atoms with Crippen molar-refractivity contribution in [2.24, 2.45) is 5.92 Å². The molecule has 0 aliphatic heterocycles. The van der Waals surface area contributed by atoms with Gasteiger partial charge in [0.15, 0.2) is 0 Å². The van der Waals surface area contributed by atoms with Crippen molar-refractivity contribution in [3.05, 3.63) is 67.3 Å². The monoisotopic (exact) mass is 213 g/mol. The van der Waals surface area contributed by atoms with Crippen LogP contribution in [0, 0.1) is 5.92 Å². The van der Waals surface area contributed by atoms with Gasteiger partial charge < -0.3 is 0 Å². The summed E-state index contributed by atoms with van der Waals surface area (Å²) in [5.74, 6) is 0.500. The van der Waals surface area contributed by atoms with Gasteiger partial charge in [-0.05, 0) is 0 Å². The molecule has 0 bridgehead atoms. The predicted molar refractivity (Wildman–Crippen MR) is 54.0 cm³/mol. The van der Waals surface area contributed by atoms with Gasteiger partial charge in [0.05, 0.1) is 0 Å². The van der Waals surface area contributed by atoms with Gasteiger partial charge in [-0.3, -0.25) is 0 Å². The molecule has 1 aromatic carbocycles. The number of hydrogen-bond donors (Lipinski definition) is 0. The molecular formula is C12H13Fe+. The molecule has 0 aromatic heterocycles. The molecule has 0 radical (unpaired) electrons. The van der Waals surface area contributed by atoms with Crippen LogP contribution in [0.5, 0.6) is 0 Å². The van der Waals surface area contributed by atoms with Crippen molar-refractivity contribution in [1.29, 1.82) is 0 Å². The van der Waals surface area contributed by atoms with Gasteiger partial charge in [0.25, 0.3) is 0 Å². The molecule has 0 N–H and O–H groups in total. The number of rotatable bonds is 1. The van der Waals surface area contributed by atoms with E-state index in [1.54, 1.807) is 0 Å². The Labute approximate surface area is 90.5 Å². The second-order valence-electron chi connectivity index (χ2n) is 2.55. The molecule has 0 amide bonds. The molecule has 68 valence electrons. The van der Waals surface area contributed by atoms with E-state index in [-0.39, 0.29) is 17.1 Å². The average molecular weight is 213 g/mol. The molecule has 0 nitrogen and oxygen atoms in total. The van der Waals surface area contributed by atoms with E-state index in [0.717, 1.165) is 0 Å². The van der Waals surface area contributed by atoms with E-state index in [0.29, 0.717) is 5.92 Å². The summed E-state index contributed by atoms with van der Waals surface area (Å²) in [6.07, 6.45) is 10.2. The minimum Gasteiger partial charge on any atom is -0.214 e. The Bertz CT molecular complexity index is 225. The fraction of sp³-hybridized carbons (Fsp3) is 0.0833. The quantitative estimate of drug-likeness (QED) is 0.381. The first kappa shape index (κ1) is 12.1. The maximum absolute atomic E-state index is 3.64. The Morgan fingerprint density at radius 1 is 1.08 bits per heavy atom. The minimum absolute atomic E-state index is 0. The van der Waals surface area contributed by atoms with Crippen LogP contribution in [0.4, 0.5) is 0 Å². The zero-order chi connectivity index (χ0) is 8.65. The normalized spacial score (nSPS) is 12.9. The van der Waals surface area contributed by atoms with Gasteiger partial charge in [-0.2, -0.15) is 18.2 Å². The SMILES string of the molecule is C=CC1C=CC=C1.[Fe+2].c1cc[cH-]c1. The van der Waals surface area contributed by atoms with Crippen LogP contribution in [0.2, 0.25) is 0 Å². The zero-order valence-electron chi connectivity index (χ0n) is 7.41. The predicted octanol–water partition coefficient (Wildman–Crippen LogP) is 3.32. The molecular weight excluding hydrogens is 200 g/mol. The summed E-state index contributed by atoms with van der Waals surface area (Å²) in [6, 6.07) is 10.0. The summed E-state index contributed by atoms with van der Waals surface area (Å²) < 4.78 is 0. The first-order valence-electron chi connectivity index (χ1n) is 4.07. The fourth-order valence-electron chi connectivity index (χ4n) is 0.927. The van der Waals surface area contributed by atoms with Crippen molar-refractivity contribution in [2.75, 3.05) is 0 Å². The van der Waals surface area contributed by atoms with Gasteiger partial charge in [0, 0.05) is 5.92 Å². The Balaban J connectivity index is 0.000000215. The van der Waals surface area contributed by atoms with Crippen molar-refractivity contribution in [2.45, 2.75) is 0 Å². The van der Waals surface area contributed by atoms with Gasteiger partial charge >= 0.3 is 17.1 Å². The summed E-state index contributed by atoms with van der Waals surface area (Å²) in [4.78, 5) is 0. The van der Waals surface area contributed by atoms with Crippen molar-refractivity contribution >= 4 is 0 Å². The summed E-state index contributed by atoms with van der Waals surface area (Å²) in [6.45, 7) is 3.64. The molecule has 0 saturated heterocycles. The molecule has 1 heteroatoms. The molecule has 13 heavy (non-hydrogen) atoms. The van der Waals surface area contributed by atoms with Crippen LogP contribution in [0.1, 0.15) is 0 Å². The van der Waals surface area contributed by atoms with Crippen LogP contribution in [0.15, 0.2) is 67.3 Å². The smallest absolute Gasteiger partial charge is 0.214 e. The summed E-state index contributed by atoms with van der Waals surface area (Å²) in [5.41, 5.74) is 0. The summed E-state index contributed by atoms with van der Waals surface area (Å²) >= 11 is 0. The maximum Gasteiger partial charge on any atom is 2.00 e. The maximum atomic E-state index is 3.64. The van der Waals surface area contributed by atoms with Crippen molar-refractivity contribution < 1.29 is 17.1 Å².